The van der Waals surface area contributed by atoms with Crippen LogP contribution in [0.25, 0.3) is 0 Å². The number of carbonyl (C=O) groups excluding carboxylic acids is 2. The van der Waals surface area contributed by atoms with Crippen LogP contribution in [0.5, 0.6) is 0 Å². The molecule has 1 rings (SSSR count). The topological polar surface area (TPSA) is 75.4 Å². The Morgan fingerprint density at radius 1 is 1.37 bits per heavy atom. The fourth-order valence-electron chi connectivity index (χ4n) is 1.60. The summed E-state index contributed by atoms with van der Waals surface area (Å²) in [5.41, 5.74) is 5.99. The number of primary amides is 1. The first-order valence-electron chi connectivity index (χ1n) is 6.04. The number of anilines is 1. The maximum atomic E-state index is 12.0. The van der Waals surface area contributed by atoms with Gasteiger partial charge in [-0.05, 0) is 30.7 Å². The first-order valence-corrected chi connectivity index (χ1v) is 6.84. The Morgan fingerprint density at radius 3 is 2.42 bits per heavy atom. The summed E-state index contributed by atoms with van der Waals surface area (Å²) in [6.07, 6.45) is 1.31. The van der Waals surface area contributed by atoms with Crippen molar-refractivity contribution >= 4 is 33.6 Å². The van der Waals surface area contributed by atoms with E-state index in [1.165, 1.54) is 4.90 Å². The van der Waals surface area contributed by atoms with Crippen LogP contribution in [0.4, 0.5) is 10.5 Å². The smallest absolute Gasteiger partial charge is 0.322 e. The molecule has 0 heterocycles. The van der Waals surface area contributed by atoms with E-state index < -0.39 is 11.9 Å². The maximum Gasteiger partial charge on any atom is 0.322 e. The predicted octanol–water partition coefficient (Wildman–Crippen LogP) is 2.25. The molecule has 104 valence electrons. The van der Waals surface area contributed by atoms with Gasteiger partial charge in [-0.2, -0.15) is 0 Å². The van der Waals surface area contributed by atoms with Crippen molar-refractivity contribution in [1.29, 1.82) is 0 Å². The van der Waals surface area contributed by atoms with Crippen LogP contribution in [0.2, 0.25) is 0 Å². The molecule has 3 amide bonds. The third-order valence-corrected chi connectivity index (χ3v) is 3.27. The molecule has 0 fully saturated rings. The van der Waals surface area contributed by atoms with Gasteiger partial charge < -0.3 is 11.1 Å². The molecule has 19 heavy (non-hydrogen) atoms. The molecule has 1 aromatic rings. The van der Waals surface area contributed by atoms with E-state index >= 15 is 0 Å². The van der Waals surface area contributed by atoms with E-state index in [1.807, 2.05) is 31.2 Å². The molecule has 0 aliphatic carbocycles. The van der Waals surface area contributed by atoms with Gasteiger partial charge >= 0.3 is 6.03 Å². The molecule has 1 atom stereocenters. The molecule has 0 radical (unpaired) electrons. The summed E-state index contributed by atoms with van der Waals surface area (Å²) in [5, 5.41) is 2.63. The van der Waals surface area contributed by atoms with Crippen molar-refractivity contribution in [1.82, 2.24) is 5.32 Å². The monoisotopic (exact) mass is 327 g/mol. The molecule has 0 saturated carbocycles. The predicted molar refractivity (Wildman–Crippen MR) is 79.0 cm³/mol. The number of amides is 3. The van der Waals surface area contributed by atoms with Gasteiger partial charge in [-0.25, -0.2) is 4.79 Å². The van der Waals surface area contributed by atoms with E-state index in [2.05, 4.69) is 21.2 Å². The number of urea groups is 1. The van der Waals surface area contributed by atoms with Crippen LogP contribution in [0.1, 0.15) is 19.8 Å². The van der Waals surface area contributed by atoms with Crippen LogP contribution < -0.4 is 16.0 Å². The van der Waals surface area contributed by atoms with Crippen LogP contribution in [0, 0.1) is 0 Å². The van der Waals surface area contributed by atoms with E-state index in [9.17, 15) is 9.59 Å². The Morgan fingerprint density at radius 2 is 1.95 bits per heavy atom. The van der Waals surface area contributed by atoms with Crippen molar-refractivity contribution < 1.29 is 9.59 Å². The number of carbonyl (C=O) groups is 2. The van der Waals surface area contributed by atoms with Gasteiger partial charge in [-0.15, -0.1) is 0 Å². The Hall–Kier alpha value is -1.56. The van der Waals surface area contributed by atoms with Crippen LogP contribution in [0.3, 0.4) is 0 Å². The molecule has 0 aliphatic heterocycles. The van der Waals surface area contributed by atoms with Crippen LogP contribution in [-0.2, 0) is 4.79 Å². The fourth-order valence-corrected chi connectivity index (χ4v) is 1.87. The summed E-state index contributed by atoms with van der Waals surface area (Å²) >= 11 is 3.33. The molecule has 0 spiro atoms. The minimum atomic E-state index is -0.629. The highest BCUT2D eigenvalue weighted by molar-refractivity contribution is 9.10. The van der Waals surface area contributed by atoms with Crippen molar-refractivity contribution in [2.75, 3.05) is 11.9 Å². The lowest BCUT2D eigenvalue weighted by Gasteiger charge is -2.21. The number of rotatable bonds is 5. The van der Waals surface area contributed by atoms with Gasteiger partial charge in [-0.1, -0.05) is 29.3 Å². The molecule has 6 heteroatoms. The minimum absolute atomic E-state index is 0.348. The summed E-state index contributed by atoms with van der Waals surface area (Å²) in [6, 6.07) is 6.33. The van der Waals surface area contributed by atoms with Gasteiger partial charge in [-0.3, -0.25) is 9.69 Å². The normalized spacial score (nSPS) is 11.7. The quantitative estimate of drug-likeness (QED) is 0.870. The number of benzene rings is 1. The van der Waals surface area contributed by atoms with E-state index in [1.54, 1.807) is 7.05 Å². The Labute approximate surface area is 121 Å². The Bertz CT molecular complexity index is 448. The van der Waals surface area contributed by atoms with Gasteiger partial charge in [0.15, 0.2) is 0 Å². The second kappa shape index (κ2) is 7.13. The highest BCUT2D eigenvalue weighted by Crippen LogP contribution is 2.17. The maximum absolute atomic E-state index is 12.0. The lowest BCUT2D eigenvalue weighted by atomic mass is 10.1. The zero-order valence-corrected chi connectivity index (χ0v) is 12.6. The van der Waals surface area contributed by atoms with Gasteiger partial charge in [0.25, 0.3) is 0 Å². The minimum Gasteiger partial charge on any atom is -0.368 e. The van der Waals surface area contributed by atoms with Crippen molar-refractivity contribution in [2.24, 2.45) is 5.73 Å². The number of halogens is 1. The van der Waals surface area contributed by atoms with Gasteiger partial charge in [0.2, 0.25) is 5.91 Å². The Balaban J connectivity index is 2.71. The average Bonchev–Trinajstić information content (AvgIpc) is 2.38. The summed E-state index contributed by atoms with van der Waals surface area (Å²) in [4.78, 5) is 24.7. The second-order valence-corrected chi connectivity index (χ2v) is 5.14. The van der Waals surface area contributed by atoms with Crippen LogP contribution in [-0.4, -0.2) is 25.0 Å². The number of nitrogens with two attached hydrogens (primary N) is 1. The van der Waals surface area contributed by atoms with Crippen molar-refractivity contribution in [2.45, 2.75) is 25.8 Å². The summed E-state index contributed by atoms with van der Waals surface area (Å²) in [6.45, 7) is 1.93. The summed E-state index contributed by atoms with van der Waals surface area (Å²) in [7, 11) is 1.64. The third-order valence-electron chi connectivity index (χ3n) is 2.74. The van der Waals surface area contributed by atoms with E-state index in [0.29, 0.717) is 6.42 Å². The molecule has 3 N–H and O–H groups in total. The summed E-state index contributed by atoms with van der Waals surface area (Å²) < 4.78 is 0.936. The first kappa shape index (κ1) is 15.5. The molecule has 0 aliphatic rings. The van der Waals surface area contributed by atoms with Crippen LogP contribution >= 0.6 is 15.9 Å². The molecular weight excluding hydrogens is 310 g/mol. The third kappa shape index (κ3) is 4.55. The Kier molecular flexibility index (Phi) is 5.82. The molecule has 0 saturated heterocycles. The van der Waals surface area contributed by atoms with Gasteiger partial charge in [0, 0.05) is 17.2 Å². The largest absolute Gasteiger partial charge is 0.368 e. The molecule has 0 aromatic heterocycles. The van der Waals surface area contributed by atoms with Crippen LogP contribution in [0.15, 0.2) is 28.7 Å². The lowest BCUT2D eigenvalue weighted by molar-refractivity contribution is -0.119. The highest BCUT2D eigenvalue weighted by atomic mass is 79.9. The van der Waals surface area contributed by atoms with Crippen molar-refractivity contribution in [3.8, 4) is 0 Å². The SMILES string of the molecule is CCC[C@H](NC(=O)N(C)c1ccc(Br)cc1)C(N)=O. The van der Waals surface area contributed by atoms with E-state index in [0.717, 1.165) is 16.6 Å². The molecule has 0 unspecified atom stereocenters. The first-order chi connectivity index (χ1) is 8.95. The average molecular weight is 328 g/mol. The zero-order valence-electron chi connectivity index (χ0n) is 11.0. The zero-order chi connectivity index (χ0) is 14.4. The summed E-state index contributed by atoms with van der Waals surface area (Å²) in [5.74, 6) is -0.514. The van der Waals surface area contributed by atoms with Gasteiger partial charge in [0.05, 0.1) is 0 Å². The number of hydrogen-bond donors (Lipinski definition) is 2. The van der Waals surface area contributed by atoms with Gasteiger partial charge in [0.1, 0.15) is 6.04 Å². The van der Waals surface area contributed by atoms with Crippen molar-refractivity contribution in [3.63, 3.8) is 0 Å². The standard InChI is InChI=1S/C13H18BrN3O2/c1-3-4-11(12(15)18)16-13(19)17(2)10-7-5-9(14)6-8-10/h5-8,11H,3-4H2,1-2H3,(H2,15,18)(H,16,19)/t11-/m0/s1. The van der Waals surface area contributed by atoms with Crippen molar-refractivity contribution in [3.05, 3.63) is 28.7 Å². The molecular formula is C13H18BrN3O2. The molecule has 0 bridgehead atoms. The second-order valence-electron chi connectivity index (χ2n) is 4.23. The molecule has 5 nitrogen and oxygen atoms in total. The lowest BCUT2D eigenvalue weighted by Crippen LogP contribution is -2.49. The number of nitrogens with one attached hydrogen (secondary N) is 1. The van der Waals surface area contributed by atoms with E-state index in [4.69, 9.17) is 5.73 Å². The molecule has 1 aromatic carbocycles. The number of hydrogen-bond acceptors (Lipinski definition) is 2. The van der Waals surface area contributed by atoms with E-state index in [-0.39, 0.29) is 6.03 Å². The highest BCUT2D eigenvalue weighted by Gasteiger charge is 2.19. The number of nitrogens with zero attached hydrogens (tertiary/aromatic N) is 1. The fraction of sp³-hybridized carbons (Fsp3) is 0.385.